The fourth-order valence-corrected chi connectivity index (χ4v) is 3.26. The quantitative estimate of drug-likeness (QED) is 0.544. The van der Waals surface area contributed by atoms with E-state index in [-0.39, 0.29) is 11.4 Å². The fourth-order valence-electron chi connectivity index (χ4n) is 2.77. The van der Waals surface area contributed by atoms with Gasteiger partial charge in [0, 0.05) is 16.5 Å². The highest BCUT2D eigenvalue weighted by Gasteiger charge is 2.19. The zero-order valence-corrected chi connectivity index (χ0v) is 17.0. The highest BCUT2D eigenvalue weighted by molar-refractivity contribution is 7.89. The second-order valence-corrected chi connectivity index (χ2v) is 8.25. The molecule has 0 saturated carbocycles. The lowest BCUT2D eigenvalue weighted by molar-refractivity contribution is -0.118. The minimum absolute atomic E-state index is 0.274. The maximum Gasteiger partial charge on any atom is 0.274 e. The standard InChI is InChI=1S/C20H19N3O6S/c1-12-16-10-14(29-13-6-4-3-5-7-13)8-9-15(16)19(25)18(22-12)20(26)21-11-17(24)23-30(2,27)28/h3-10,25H,11H2,1-2H3,(H,21,26)(H,23,24). The van der Waals surface area contributed by atoms with E-state index < -0.39 is 28.4 Å². The summed E-state index contributed by atoms with van der Waals surface area (Å²) in [7, 11) is -3.73. The summed E-state index contributed by atoms with van der Waals surface area (Å²) in [5, 5.41) is 13.7. The van der Waals surface area contributed by atoms with Gasteiger partial charge in [-0.3, -0.25) is 14.3 Å². The van der Waals surface area contributed by atoms with Crippen LogP contribution in [0.15, 0.2) is 48.5 Å². The van der Waals surface area contributed by atoms with Crippen molar-refractivity contribution in [3.8, 4) is 17.2 Å². The van der Waals surface area contributed by atoms with Crippen LogP contribution in [0.5, 0.6) is 17.2 Å². The van der Waals surface area contributed by atoms with E-state index in [4.69, 9.17) is 4.74 Å². The van der Waals surface area contributed by atoms with E-state index in [0.717, 1.165) is 6.26 Å². The molecular formula is C20H19N3O6S. The minimum atomic E-state index is -3.73. The fraction of sp³-hybridized carbons (Fsp3) is 0.150. The normalized spacial score (nSPS) is 11.1. The van der Waals surface area contributed by atoms with Gasteiger partial charge in [-0.1, -0.05) is 18.2 Å². The molecule has 0 atom stereocenters. The van der Waals surface area contributed by atoms with Crippen LogP contribution in [0.2, 0.25) is 0 Å². The van der Waals surface area contributed by atoms with Crippen LogP contribution in [0.3, 0.4) is 0 Å². The molecule has 1 heterocycles. The van der Waals surface area contributed by atoms with Crippen molar-refractivity contribution in [1.82, 2.24) is 15.0 Å². The molecule has 0 saturated heterocycles. The number of sulfonamides is 1. The van der Waals surface area contributed by atoms with Gasteiger partial charge >= 0.3 is 0 Å². The van der Waals surface area contributed by atoms with Crippen LogP contribution < -0.4 is 14.8 Å². The summed E-state index contributed by atoms with van der Waals surface area (Å²) >= 11 is 0. The van der Waals surface area contributed by atoms with Gasteiger partial charge in [-0.15, -0.1) is 0 Å². The summed E-state index contributed by atoms with van der Waals surface area (Å²) in [5.41, 5.74) is 0.191. The maximum absolute atomic E-state index is 12.4. The molecule has 0 radical (unpaired) electrons. The molecule has 30 heavy (non-hydrogen) atoms. The van der Waals surface area contributed by atoms with E-state index in [2.05, 4.69) is 10.3 Å². The summed E-state index contributed by atoms with van der Waals surface area (Å²) in [5.74, 6) is -0.901. The second-order valence-electron chi connectivity index (χ2n) is 6.50. The monoisotopic (exact) mass is 429 g/mol. The van der Waals surface area contributed by atoms with E-state index in [9.17, 15) is 23.1 Å². The number of hydrogen-bond acceptors (Lipinski definition) is 7. The van der Waals surface area contributed by atoms with Gasteiger partial charge in [0.05, 0.1) is 12.8 Å². The average molecular weight is 429 g/mol. The summed E-state index contributed by atoms with van der Waals surface area (Å²) in [6, 6.07) is 14.1. The second kappa shape index (κ2) is 8.37. The molecule has 2 amide bonds. The number of carbonyl (C=O) groups excluding carboxylic acids is 2. The maximum atomic E-state index is 12.4. The number of fused-ring (bicyclic) bond motifs is 1. The summed E-state index contributed by atoms with van der Waals surface area (Å²) in [6.07, 6.45) is 0.822. The van der Waals surface area contributed by atoms with Crippen LogP contribution >= 0.6 is 0 Å². The van der Waals surface area contributed by atoms with Gasteiger partial charge in [-0.25, -0.2) is 13.4 Å². The van der Waals surface area contributed by atoms with E-state index in [1.165, 1.54) is 0 Å². The smallest absolute Gasteiger partial charge is 0.274 e. The molecule has 0 unspecified atom stereocenters. The first-order valence-electron chi connectivity index (χ1n) is 8.79. The first-order chi connectivity index (χ1) is 14.1. The number of carbonyl (C=O) groups is 2. The van der Waals surface area contributed by atoms with Crippen LogP contribution in [0, 0.1) is 6.92 Å². The molecule has 0 bridgehead atoms. The average Bonchev–Trinajstić information content (AvgIpc) is 2.68. The number of para-hydroxylation sites is 1. The third-order valence-corrected chi connectivity index (χ3v) is 4.64. The summed E-state index contributed by atoms with van der Waals surface area (Å²) in [6.45, 7) is 1.08. The highest BCUT2D eigenvalue weighted by Crippen LogP contribution is 2.33. The van der Waals surface area contributed by atoms with Crippen molar-refractivity contribution in [1.29, 1.82) is 0 Å². The molecule has 3 aromatic rings. The van der Waals surface area contributed by atoms with Crippen LogP contribution in [0.25, 0.3) is 10.8 Å². The van der Waals surface area contributed by atoms with Crippen molar-refractivity contribution < 1.29 is 27.9 Å². The highest BCUT2D eigenvalue weighted by atomic mass is 32.2. The number of ether oxygens (including phenoxy) is 1. The molecule has 3 N–H and O–H groups in total. The lowest BCUT2D eigenvalue weighted by atomic mass is 10.1. The number of nitrogens with one attached hydrogen (secondary N) is 2. The topological polar surface area (TPSA) is 135 Å². The summed E-state index contributed by atoms with van der Waals surface area (Å²) < 4.78 is 29.6. The molecule has 10 heteroatoms. The number of amides is 2. The van der Waals surface area contributed by atoms with Crippen molar-refractivity contribution in [3.63, 3.8) is 0 Å². The van der Waals surface area contributed by atoms with E-state index >= 15 is 0 Å². The number of nitrogens with zero attached hydrogens (tertiary/aromatic N) is 1. The third-order valence-electron chi connectivity index (χ3n) is 4.04. The Kier molecular flexibility index (Phi) is 5.88. The van der Waals surface area contributed by atoms with Gasteiger partial charge < -0.3 is 15.2 Å². The molecular weight excluding hydrogens is 410 g/mol. The van der Waals surface area contributed by atoms with Gasteiger partial charge in [-0.05, 0) is 37.3 Å². The lowest BCUT2D eigenvalue weighted by Crippen LogP contribution is -2.39. The number of benzene rings is 2. The zero-order valence-electron chi connectivity index (χ0n) is 16.2. The molecule has 156 valence electrons. The van der Waals surface area contributed by atoms with E-state index in [1.807, 2.05) is 18.2 Å². The van der Waals surface area contributed by atoms with Gasteiger partial charge in [0.15, 0.2) is 11.4 Å². The molecule has 3 rings (SSSR count). The first kappa shape index (κ1) is 21.1. The number of aromatic nitrogens is 1. The third kappa shape index (κ3) is 5.03. The molecule has 0 aliphatic carbocycles. The van der Waals surface area contributed by atoms with Gasteiger partial charge in [-0.2, -0.15) is 0 Å². The number of pyridine rings is 1. The Bertz CT molecular complexity index is 1230. The van der Waals surface area contributed by atoms with Crippen LogP contribution in [0.4, 0.5) is 0 Å². The molecule has 1 aromatic heterocycles. The molecule has 0 spiro atoms. The molecule has 0 aliphatic rings. The Morgan fingerprint density at radius 1 is 1.07 bits per heavy atom. The Morgan fingerprint density at radius 3 is 2.43 bits per heavy atom. The van der Waals surface area contributed by atoms with Gasteiger partial charge in [0.1, 0.15) is 11.5 Å². The molecule has 0 aliphatic heterocycles. The lowest BCUT2D eigenvalue weighted by Gasteiger charge is -2.12. The Morgan fingerprint density at radius 2 is 1.77 bits per heavy atom. The number of aromatic hydroxyl groups is 1. The largest absolute Gasteiger partial charge is 0.505 e. The van der Waals surface area contributed by atoms with Crippen LogP contribution in [-0.2, 0) is 14.8 Å². The minimum Gasteiger partial charge on any atom is -0.505 e. The predicted molar refractivity (Wildman–Crippen MR) is 110 cm³/mol. The van der Waals surface area contributed by atoms with E-state index in [1.54, 1.807) is 42.0 Å². The number of aryl methyl sites for hydroxylation is 1. The Hall–Kier alpha value is -3.66. The molecule has 2 aromatic carbocycles. The zero-order chi connectivity index (χ0) is 21.9. The SMILES string of the molecule is Cc1nc(C(=O)NCC(=O)NS(C)(=O)=O)c(O)c2ccc(Oc3ccccc3)cc12. The van der Waals surface area contributed by atoms with Gasteiger partial charge in [0.25, 0.3) is 11.8 Å². The van der Waals surface area contributed by atoms with Gasteiger partial charge in [0.2, 0.25) is 10.0 Å². The van der Waals surface area contributed by atoms with Crippen molar-refractivity contribution >= 4 is 32.6 Å². The van der Waals surface area contributed by atoms with Crippen molar-refractivity contribution in [2.75, 3.05) is 12.8 Å². The van der Waals surface area contributed by atoms with Crippen LogP contribution in [0.1, 0.15) is 16.2 Å². The van der Waals surface area contributed by atoms with Crippen molar-refractivity contribution in [3.05, 3.63) is 59.9 Å². The van der Waals surface area contributed by atoms with E-state index in [0.29, 0.717) is 28.0 Å². The molecule has 0 fully saturated rings. The Labute approximate surface area is 172 Å². The van der Waals surface area contributed by atoms with Crippen LogP contribution in [-0.4, -0.2) is 43.1 Å². The van der Waals surface area contributed by atoms with Crippen molar-refractivity contribution in [2.45, 2.75) is 6.92 Å². The number of hydrogen-bond donors (Lipinski definition) is 3. The van der Waals surface area contributed by atoms with Crippen molar-refractivity contribution in [2.24, 2.45) is 0 Å². The Balaban J connectivity index is 1.83. The first-order valence-corrected chi connectivity index (χ1v) is 10.7. The number of rotatable bonds is 6. The predicted octanol–water partition coefficient (Wildman–Crippen LogP) is 1.85. The summed E-state index contributed by atoms with van der Waals surface area (Å²) in [4.78, 5) is 28.0. The molecule has 9 nitrogen and oxygen atoms in total.